The van der Waals surface area contributed by atoms with Gasteiger partial charge in [0.1, 0.15) is 5.75 Å². The molecule has 28 heavy (non-hydrogen) atoms. The number of carbonyl (C=O) groups is 2. The van der Waals surface area contributed by atoms with Crippen LogP contribution >= 0.6 is 0 Å². The minimum absolute atomic E-state index is 0.0122. The van der Waals surface area contributed by atoms with Crippen LogP contribution < -0.4 is 4.74 Å². The zero-order chi connectivity index (χ0) is 20.5. The van der Waals surface area contributed by atoms with E-state index in [1.165, 1.54) is 0 Å². The fraction of sp³-hybridized carbons (Fsp3) is 0.476. The fourth-order valence-electron chi connectivity index (χ4n) is 3.56. The molecule has 0 aliphatic carbocycles. The van der Waals surface area contributed by atoms with Gasteiger partial charge in [0, 0.05) is 45.0 Å². The first-order chi connectivity index (χ1) is 13.2. The third-order valence-corrected chi connectivity index (χ3v) is 5.38. The minimum atomic E-state index is -0.694. The first-order valence-corrected chi connectivity index (χ1v) is 9.47. The molecule has 1 fully saturated rings. The van der Waals surface area contributed by atoms with Crippen molar-refractivity contribution in [2.75, 3.05) is 33.3 Å². The van der Waals surface area contributed by atoms with E-state index in [2.05, 4.69) is 5.10 Å². The molecule has 0 unspecified atom stereocenters. The molecule has 0 spiro atoms. The number of nitrogens with zero attached hydrogens (tertiary/aromatic N) is 4. The number of carbonyl (C=O) groups excluding carboxylic acids is 2. The third-order valence-electron chi connectivity index (χ3n) is 5.38. The Morgan fingerprint density at radius 2 is 1.71 bits per heavy atom. The van der Waals surface area contributed by atoms with Crippen molar-refractivity contribution in [1.29, 1.82) is 0 Å². The molecule has 0 saturated carbocycles. The summed E-state index contributed by atoms with van der Waals surface area (Å²) in [5.74, 6) is 0.796. The first-order valence-electron chi connectivity index (χ1n) is 9.47. The molecule has 1 aromatic carbocycles. The van der Waals surface area contributed by atoms with E-state index in [1.807, 2.05) is 57.1 Å². The van der Waals surface area contributed by atoms with Crippen molar-refractivity contribution in [2.45, 2.75) is 26.2 Å². The van der Waals surface area contributed by atoms with E-state index in [0.29, 0.717) is 31.7 Å². The highest BCUT2D eigenvalue weighted by Crippen LogP contribution is 2.25. The Labute approximate surface area is 165 Å². The number of hydrogen-bond acceptors (Lipinski definition) is 4. The van der Waals surface area contributed by atoms with Crippen molar-refractivity contribution < 1.29 is 14.3 Å². The minimum Gasteiger partial charge on any atom is -0.496 e. The van der Waals surface area contributed by atoms with E-state index >= 15 is 0 Å². The summed E-state index contributed by atoms with van der Waals surface area (Å²) in [6, 6.07) is 7.33. The first kappa shape index (κ1) is 19.9. The van der Waals surface area contributed by atoms with Crippen molar-refractivity contribution in [3.63, 3.8) is 0 Å². The summed E-state index contributed by atoms with van der Waals surface area (Å²) in [6.45, 7) is 7.81. The lowest BCUT2D eigenvalue weighted by molar-refractivity contribution is -0.137. The summed E-state index contributed by atoms with van der Waals surface area (Å²) in [7, 11) is 3.46. The van der Waals surface area contributed by atoms with Gasteiger partial charge in [0.05, 0.1) is 18.2 Å². The van der Waals surface area contributed by atoms with Gasteiger partial charge >= 0.3 is 0 Å². The van der Waals surface area contributed by atoms with Gasteiger partial charge in [-0.25, -0.2) is 0 Å². The largest absolute Gasteiger partial charge is 0.496 e. The van der Waals surface area contributed by atoms with Crippen LogP contribution in [0.15, 0.2) is 30.5 Å². The average molecular weight is 384 g/mol. The summed E-state index contributed by atoms with van der Waals surface area (Å²) in [6.07, 6.45) is 1.85. The number of hydrogen-bond donors (Lipinski definition) is 0. The number of piperazine rings is 1. The fourth-order valence-corrected chi connectivity index (χ4v) is 3.56. The lowest BCUT2D eigenvalue weighted by atomic mass is 9.87. The summed E-state index contributed by atoms with van der Waals surface area (Å²) in [4.78, 5) is 29.5. The van der Waals surface area contributed by atoms with Crippen molar-refractivity contribution in [1.82, 2.24) is 19.6 Å². The van der Waals surface area contributed by atoms with E-state index in [0.717, 1.165) is 17.0 Å². The van der Waals surface area contributed by atoms with Crippen LogP contribution in [0.5, 0.6) is 5.75 Å². The summed E-state index contributed by atoms with van der Waals surface area (Å²) in [5, 5.41) is 4.40. The Morgan fingerprint density at radius 3 is 2.25 bits per heavy atom. The number of methoxy groups -OCH3 is 1. The molecule has 1 aromatic heterocycles. The Balaban J connectivity index is 1.64. The Hall–Kier alpha value is -2.83. The van der Waals surface area contributed by atoms with Crippen molar-refractivity contribution in [3.8, 4) is 5.75 Å². The molecular weight excluding hydrogens is 356 g/mol. The van der Waals surface area contributed by atoms with Gasteiger partial charge in [-0.2, -0.15) is 5.10 Å². The Morgan fingerprint density at radius 1 is 1.07 bits per heavy atom. The zero-order valence-electron chi connectivity index (χ0n) is 17.2. The van der Waals surface area contributed by atoms with Gasteiger partial charge in [-0.1, -0.05) is 0 Å². The maximum Gasteiger partial charge on any atom is 0.253 e. The number of rotatable bonds is 4. The highest BCUT2D eigenvalue weighted by atomic mass is 16.5. The molecule has 0 radical (unpaired) electrons. The van der Waals surface area contributed by atoms with Crippen LogP contribution in [0.3, 0.4) is 0 Å². The van der Waals surface area contributed by atoms with Crippen molar-refractivity contribution >= 4 is 11.8 Å². The van der Waals surface area contributed by atoms with Crippen molar-refractivity contribution in [2.24, 2.45) is 7.05 Å². The quantitative estimate of drug-likeness (QED) is 0.809. The van der Waals surface area contributed by atoms with Gasteiger partial charge in [-0.15, -0.1) is 0 Å². The zero-order valence-corrected chi connectivity index (χ0v) is 17.2. The molecule has 0 bridgehead atoms. The highest BCUT2D eigenvalue weighted by Gasteiger charge is 2.37. The van der Waals surface area contributed by atoms with Gasteiger partial charge in [0.2, 0.25) is 5.91 Å². The van der Waals surface area contributed by atoms with Crippen LogP contribution in [0, 0.1) is 6.92 Å². The second-order valence-electron chi connectivity index (χ2n) is 7.77. The maximum atomic E-state index is 13.1. The van der Waals surface area contributed by atoms with Gasteiger partial charge in [-0.05, 0) is 50.6 Å². The second-order valence-corrected chi connectivity index (χ2v) is 7.77. The van der Waals surface area contributed by atoms with Crippen LogP contribution in [0.1, 0.15) is 35.5 Å². The van der Waals surface area contributed by atoms with Crippen LogP contribution in [0.25, 0.3) is 0 Å². The standard InChI is InChI=1S/C21H28N4O3/c1-15-14-16(6-7-17(15)28-5)19(26)24-10-12-25(13-11-24)20(27)21(2,3)18-8-9-23(4)22-18/h6-9,14H,10-13H2,1-5H3. The van der Waals surface area contributed by atoms with Gasteiger partial charge in [0.15, 0.2) is 0 Å². The lowest BCUT2D eigenvalue weighted by Crippen LogP contribution is -2.54. The molecule has 2 aromatic rings. The summed E-state index contributed by atoms with van der Waals surface area (Å²) in [5.41, 5.74) is 1.64. The second kappa shape index (κ2) is 7.66. The summed E-state index contributed by atoms with van der Waals surface area (Å²) >= 11 is 0. The molecule has 1 saturated heterocycles. The molecule has 2 amide bonds. The van der Waals surface area contributed by atoms with E-state index in [4.69, 9.17) is 4.74 Å². The van der Waals surface area contributed by atoms with E-state index in [9.17, 15) is 9.59 Å². The molecular formula is C21H28N4O3. The molecule has 0 N–H and O–H groups in total. The smallest absolute Gasteiger partial charge is 0.253 e. The van der Waals surface area contributed by atoms with Crippen LogP contribution in [-0.2, 0) is 17.3 Å². The topological polar surface area (TPSA) is 67.7 Å². The normalized spacial score (nSPS) is 14.9. The van der Waals surface area contributed by atoms with E-state index in [1.54, 1.807) is 22.8 Å². The number of aromatic nitrogens is 2. The number of ether oxygens (including phenoxy) is 1. The predicted octanol–water partition coefficient (Wildman–Crippen LogP) is 2.00. The number of aryl methyl sites for hydroxylation is 2. The molecule has 150 valence electrons. The molecule has 1 aliphatic heterocycles. The highest BCUT2D eigenvalue weighted by molar-refractivity contribution is 5.95. The SMILES string of the molecule is COc1ccc(C(=O)N2CCN(C(=O)C(C)(C)c3ccn(C)n3)CC2)cc1C. The Kier molecular flexibility index (Phi) is 5.45. The van der Waals surface area contributed by atoms with Gasteiger partial charge in [-0.3, -0.25) is 14.3 Å². The monoisotopic (exact) mass is 384 g/mol. The predicted molar refractivity (Wildman–Crippen MR) is 106 cm³/mol. The van der Waals surface area contributed by atoms with E-state index < -0.39 is 5.41 Å². The van der Waals surface area contributed by atoms with Crippen LogP contribution in [-0.4, -0.2) is 64.7 Å². The molecule has 7 heteroatoms. The van der Waals surface area contributed by atoms with Gasteiger partial charge < -0.3 is 14.5 Å². The summed E-state index contributed by atoms with van der Waals surface area (Å²) < 4.78 is 6.97. The van der Waals surface area contributed by atoms with Crippen LogP contribution in [0.2, 0.25) is 0 Å². The average Bonchev–Trinajstić information content (AvgIpc) is 3.14. The third kappa shape index (κ3) is 3.74. The van der Waals surface area contributed by atoms with E-state index in [-0.39, 0.29) is 11.8 Å². The maximum absolute atomic E-state index is 13.1. The molecule has 7 nitrogen and oxygen atoms in total. The molecule has 0 atom stereocenters. The lowest BCUT2D eigenvalue weighted by Gasteiger charge is -2.38. The number of amides is 2. The van der Waals surface area contributed by atoms with Crippen LogP contribution in [0.4, 0.5) is 0 Å². The molecule has 2 heterocycles. The van der Waals surface area contributed by atoms with Crippen molar-refractivity contribution in [3.05, 3.63) is 47.3 Å². The number of benzene rings is 1. The molecule has 1 aliphatic rings. The Bertz CT molecular complexity index is 880. The molecule has 3 rings (SSSR count). The van der Waals surface area contributed by atoms with Gasteiger partial charge in [0.25, 0.3) is 5.91 Å².